The predicted molar refractivity (Wildman–Crippen MR) is 63.0 cm³/mol. The van der Waals surface area contributed by atoms with E-state index in [4.69, 9.17) is 4.74 Å². The number of hydrogen-bond donors (Lipinski definition) is 1. The van der Waals surface area contributed by atoms with Crippen LogP contribution in [0.2, 0.25) is 0 Å². The largest absolute Gasteiger partial charge is 0.377 e. The van der Waals surface area contributed by atoms with Gasteiger partial charge in [-0.3, -0.25) is 0 Å². The minimum absolute atomic E-state index is 0.568. The van der Waals surface area contributed by atoms with Gasteiger partial charge in [-0.15, -0.1) is 0 Å². The van der Waals surface area contributed by atoms with Gasteiger partial charge in [-0.1, -0.05) is 26.2 Å². The number of rotatable bonds is 6. The Balaban J connectivity index is 1.65. The Morgan fingerprint density at radius 1 is 1.13 bits per heavy atom. The summed E-state index contributed by atoms with van der Waals surface area (Å²) in [6.07, 6.45) is 10.1. The fourth-order valence-corrected chi connectivity index (χ4v) is 2.59. The van der Waals surface area contributed by atoms with Crippen LogP contribution in [0.1, 0.15) is 51.9 Å². The molecule has 1 unspecified atom stereocenters. The minimum atomic E-state index is 0.568. The van der Waals surface area contributed by atoms with Crippen molar-refractivity contribution < 1.29 is 4.74 Å². The van der Waals surface area contributed by atoms with Crippen molar-refractivity contribution in [1.82, 2.24) is 5.32 Å². The second-order valence-electron chi connectivity index (χ2n) is 5.09. The average Bonchev–Trinajstić information content (AvgIpc) is 3.09. The van der Waals surface area contributed by atoms with E-state index < -0.39 is 0 Å². The van der Waals surface area contributed by atoms with Gasteiger partial charge >= 0.3 is 0 Å². The summed E-state index contributed by atoms with van der Waals surface area (Å²) in [6, 6.07) is 0.636. The zero-order valence-corrected chi connectivity index (χ0v) is 10.0. The van der Waals surface area contributed by atoms with Gasteiger partial charge in [0.05, 0.1) is 12.7 Å². The quantitative estimate of drug-likeness (QED) is 0.729. The molecule has 0 radical (unpaired) electrons. The lowest BCUT2D eigenvalue weighted by molar-refractivity contribution is 0.0130. The van der Waals surface area contributed by atoms with Crippen molar-refractivity contribution in [2.45, 2.75) is 64.0 Å². The molecule has 0 bridgehead atoms. The molecule has 0 saturated heterocycles. The Morgan fingerprint density at radius 2 is 1.87 bits per heavy atom. The molecule has 15 heavy (non-hydrogen) atoms. The summed E-state index contributed by atoms with van der Waals surface area (Å²) in [4.78, 5) is 0. The highest BCUT2D eigenvalue weighted by Crippen LogP contribution is 2.33. The van der Waals surface area contributed by atoms with Gasteiger partial charge in [0, 0.05) is 6.04 Å². The molecule has 2 heteroatoms. The molecule has 0 aliphatic heterocycles. The second-order valence-corrected chi connectivity index (χ2v) is 5.09. The second kappa shape index (κ2) is 5.86. The van der Waals surface area contributed by atoms with E-state index in [9.17, 15) is 0 Å². The monoisotopic (exact) mass is 211 g/mol. The van der Waals surface area contributed by atoms with Crippen LogP contribution in [0.3, 0.4) is 0 Å². The summed E-state index contributed by atoms with van der Waals surface area (Å²) >= 11 is 0. The molecule has 0 heterocycles. The lowest BCUT2D eigenvalue weighted by atomic mass is 9.98. The molecular weight excluding hydrogens is 186 g/mol. The van der Waals surface area contributed by atoms with Crippen molar-refractivity contribution in [2.24, 2.45) is 5.92 Å². The minimum Gasteiger partial charge on any atom is -0.377 e. The van der Waals surface area contributed by atoms with Gasteiger partial charge in [0.15, 0.2) is 0 Å². The Kier molecular flexibility index (Phi) is 4.45. The number of likely N-dealkylation sites (N-methyl/N-ethyl adjacent to an activating group) is 1. The van der Waals surface area contributed by atoms with Crippen LogP contribution in [0.5, 0.6) is 0 Å². The Morgan fingerprint density at radius 3 is 2.47 bits per heavy atom. The topological polar surface area (TPSA) is 21.3 Å². The Hall–Kier alpha value is -0.0800. The fourth-order valence-electron chi connectivity index (χ4n) is 2.59. The van der Waals surface area contributed by atoms with E-state index in [1.54, 1.807) is 0 Å². The Bertz CT molecular complexity index is 173. The summed E-state index contributed by atoms with van der Waals surface area (Å²) in [7, 11) is 0. The van der Waals surface area contributed by atoms with Crippen molar-refractivity contribution in [3.05, 3.63) is 0 Å². The standard InChI is InChI=1S/C13H25NO/c1-2-14-13(11-8-9-11)10-15-12-6-4-3-5-7-12/h11-14H,2-10H2,1H3. The van der Waals surface area contributed by atoms with E-state index in [0.717, 1.165) is 19.1 Å². The van der Waals surface area contributed by atoms with Crippen LogP contribution in [0, 0.1) is 5.92 Å². The number of ether oxygens (including phenoxy) is 1. The summed E-state index contributed by atoms with van der Waals surface area (Å²) < 4.78 is 6.04. The van der Waals surface area contributed by atoms with Crippen molar-refractivity contribution in [2.75, 3.05) is 13.2 Å². The first kappa shape index (κ1) is 11.4. The number of hydrogen-bond acceptors (Lipinski definition) is 2. The van der Waals surface area contributed by atoms with E-state index in [2.05, 4.69) is 12.2 Å². The first-order valence-corrected chi connectivity index (χ1v) is 6.75. The van der Waals surface area contributed by atoms with Crippen LogP contribution in [-0.2, 0) is 4.74 Å². The van der Waals surface area contributed by atoms with Crippen molar-refractivity contribution >= 4 is 0 Å². The molecule has 2 saturated carbocycles. The van der Waals surface area contributed by atoms with Crippen molar-refractivity contribution in [1.29, 1.82) is 0 Å². The zero-order valence-electron chi connectivity index (χ0n) is 10.0. The average molecular weight is 211 g/mol. The third-order valence-electron chi connectivity index (χ3n) is 3.72. The normalized spacial score (nSPS) is 25.4. The SMILES string of the molecule is CCNC(COC1CCCCC1)C1CC1. The summed E-state index contributed by atoms with van der Waals surface area (Å²) in [6.45, 7) is 4.22. The van der Waals surface area contributed by atoms with Crippen molar-refractivity contribution in [3.63, 3.8) is 0 Å². The molecule has 0 aromatic carbocycles. The number of nitrogens with one attached hydrogen (secondary N) is 1. The van der Waals surface area contributed by atoms with Gasteiger partial charge in [-0.05, 0) is 38.1 Å². The smallest absolute Gasteiger partial charge is 0.0626 e. The maximum absolute atomic E-state index is 6.04. The zero-order chi connectivity index (χ0) is 10.5. The van der Waals surface area contributed by atoms with Gasteiger partial charge in [0.25, 0.3) is 0 Å². The third kappa shape index (κ3) is 3.76. The summed E-state index contributed by atoms with van der Waals surface area (Å²) in [5, 5.41) is 3.56. The fraction of sp³-hybridized carbons (Fsp3) is 1.00. The molecule has 1 N–H and O–H groups in total. The highest BCUT2D eigenvalue weighted by Gasteiger charge is 2.31. The van der Waals surface area contributed by atoms with Crippen LogP contribution in [0.4, 0.5) is 0 Å². The van der Waals surface area contributed by atoms with Crippen LogP contribution < -0.4 is 5.32 Å². The van der Waals surface area contributed by atoms with Gasteiger partial charge in [-0.2, -0.15) is 0 Å². The molecule has 2 aliphatic carbocycles. The molecule has 0 aromatic rings. The lowest BCUT2D eigenvalue weighted by Crippen LogP contribution is -2.37. The van der Waals surface area contributed by atoms with E-state index in [0.29, 0.717) is 12.1 Å². The molecule has 2 aliphatic rings. The van der Waals surface area contributed by atoms with Gasteiger partial charge in [-0.25, -0.2) is 0 Å². The first-order chi connectivity index (χ1) is 7.40. The molecular formula is C13H25NO. The maximum atomic E-state index is 6.04. The highest BCUT2D eigenvalue weighted by molar-refractivity contribution is 4.86. The molecule has 88 valence electrons. The molecule has 0 amide bonds. The molecule has 2 nitrogen and oxygen atoms in total. The Labute approximate surface area is 93.8 Å². The van der Waals surface area contributed by atoms with Gasteiger partial charge in [0.2, 0.25) is 0 Å². The van der Waals surface area contributed by atoms with Crippen LogP contribution >= 0.6 is 0 Å². The molecule has 0 aromatic heterocycles. The van der Waals surface area contributed by atoms with Gasteiger partial charge in [0.1, 0.15) is 0 Å². The van der Waals surface area contributed by atoms with E-state index >= 15 is 0 Å². The summed E-state index contributed by atoms with van der Waals surface area (Å²) in [5.74, 6) is 0.911. The summed E-state index contributed by atoms with van der Waals surface area (Å²) in [5.41, 5.74) is 0. The first-order valence-electron chi connectivity index (χ1n) is 6.75. The van der Waals surface area contributed by atoms with E-state index in [1.165, 1.54) is 44.9 Å². The van der Waals surface area contributed by atoms with Crippen LogP contribution in [0.25, 0.3) is 0 Å². The molecule has 2 rings (SSSR count). The lowest BCUT2D eigenvalue weighted by Gasteiger charge is -2.25. The molecule has 0 spiro atoms. The molecule has 2 fully saturated rings. The van der Waals surface area contributed by atoms with Gasteiger partial charge < -0.3 is 10.1 Å². The van der Waals surface area contributed by atoms with E-state index in [-0.39, 0.29) is 0 Å². The third-order valence-corrected chi connectivity index (χ3v) is 3.72. The molecule has 1 atom stereocenters. The van der Waals surface area contributed by atoms with Crippen LogP contribution in [-0.4, -0.2) is 25.3 Å². The van der Waals surface area contributed by atoms with E-state index in [1.807, 2.05) is 0 Å². The predicted octanol–water partition coefficient (Wildman–Crippen LogP) is 2.72. The van der Waals surface area contributed by atoms with Crippen molar-refractivity contribution in [3.8, 4) is 0 Å². The maximum Gasteiger partial charge on any atom is 0.0626 e. The van der Waals surface area contributed by atoms with Crippen LogP contribution in [0.15, 0.2) is 0 Å². The highest BCUT2D eigenvalue weighted by atomic mass is 16.5.